The minimum atomic E-state index is -3.10. The van der Waals surface area contributed by atoms with Gasteiger partial charge in [0.05, 0.1) is 6.61 Å². The molecule has 0 aromatic heterocycles. The molecule has 0 saturated carbocycles. The number of benzene rings is 3. The number of carboxylic acids is 3. The van der Waals surface area contributed by atoms with Gasteiger partial charge in [0.25, 0.3) is 5.91 Å². The van der Waals surface area contributed by atoms with Crippen molar-refractivity contribution in [2.45, 2.75) is 43.6 Å². The van der Waals surface area contributed by atoms with Crippen molar-refractivity contribution in [2.24, 2.45) is 0 Å². The van der Waals surface area contributed by atoms with Crippen LogP contribution < -0.4 is 0 Å². The highest BCUT2D eigenvalue weighted by Crippen LogP contribution is 2.34. The van der Waals surface area contributed by atoms with Gasteiger partial charge in [0.1, 0.15) is 12.4 Å². The minimum Gasteiger partial charge on any atom is -0.480 e. The van der Waals surface area contributed by atoms with Crippen LogP contribution in [0.3, 0.4) is 0 Å². The van der Waals surface area contributed by atoms with Gasteiger partial charge in [-0.25, -0.2) is 14.0 Å². The van der Waals surface area contributed by atoms with Crippen LogP contribution in [0.15, 0.2) is 78.9 Å². The summed E-state index contributed by atoms with van der Waals surface area (Å²) in [7, 11) is 0. The zero-order valence-corrected chi connectivity index (χ0v) is 22.7. The van der Waals surface area contributed by atoms with Gasteiger partial charge in [0, 0.05) is 17.5 Å². The molecule has 1 heterocycles. The third kappa shape index (κ3) is 6.48. The third-order valence-electron chi connectivity index (χ3n) is 7.34. The van der Waals surface area contributed by atoms with Gasteiger partial charge in [-0.15, -0.1) is 0 Å². The highest BCUT2D eigenvalue weighted by atomic mass is 19.1. The second-order valence-electron chi connectivity index (χ2n) is 9.98. The zero-order chi connectivity index (χ0) is 30.4. The molecule has 3 N–H and O–H groups in total. The van der Waals surface area contributed by atoms with E-state index in [-0.39, 0.29) is 0 Å². The lowest BCUT2D eigenvalue weighted by Crippen LogP contribution is -2.52. The molecule has 1 aliphatic heterocycles. The molecule has 42 heavy (non-hydrogen) atoms. The number of carbonyl (C=O) groups excluding carboxylic acids is 1. The van der Waals surface area contributed by atoms with Gasteiger partial charge in [0.2, 0.25) is 0 Å². The molecule has 0 aliphatic carbocycles. The van der Waals surface area contributed by atoms with Crippen molar-refractivity contribution in [2.75, 3.05) is 13.2 Å². The van der Waals surface area contributed by atoms with Crippen LogP contribution in [-0.4, -0.2) is 75.1 Å². The molecule has 1 saturated heterocycles. The maximum Gasteiger partial charge on any atom is 0.377 e. The zero-order valence-electron chi connectivity index (χ0n) is 22.7. The summed E-state index contributed by atoms with van der Waals surface area (Å²) < 4.78 is 25.4. The molecule has 0 spiro atoms. The molecule has 3 unspecified atom stereocenters. The second kappa shape index (κ2) is 12.9. The Hall–Kier alpha value is -4.61. The first kappa shape index (κ1) is 30.4. The van der Waals surface area contributed by atoms with Crippen molar-refractivity contribution >= 4 is 23.8 Å². The molecule has 3 atom stereocenters. The molecule has 1 aliphatic rings. The van der Waals surface area contributed by atoms with Gasteiger partial charge in [-0.05, 0) is 42.5 Å². The Morgan fingerprint density at radius 3 is 2.12 bits per heavy atom. The molecule has 0 radical (unpaired) electrons. The lowest BCUT2D eigenvalue weighted by atomic mass is 9.85. The summed E-state index contributed by atoms with van der Waals surface area (Å²) in [5.74, 6) is -10.4. The number of carbonyl (C=O) groups is 4. The van der Waals surface area contributed by atoms with Crippen molar-refractivity contribution in [1.82, 2.24) is 4.90 Å². The average molecular weight is 580 g/mol. The maximum absolute atomic E-state index is 15.5. The van der Waals surface area contributed by atoms with Crippen LogP contribution in [0.1, 0.15) is 30.4 Å². The summed E-state index contributed by atoms with van der Waals surface area (Å²) in [6, 6.07) is 22.3. The van der Waals surface area contributed by atoms with Crippen LogP contribution >= 0.6 is 0 Å². The molecular weight excluding hydrogens is 549 g/mol. The van der Waals surface area contributed by atoms with E-state index in [0.29, 0.717) is 29.5 Å². The Kier molecular flexibility index (Phi) is 9.34. The van der Waals surface area contributed by atoms with E-state index < -0.39 is 66.6 Å². The van der Waals surface area contributed by atoms with Crippen LogP contribution in [-0.2, 0) is 35.1 Å². The quantitative estimate of drug-likeness (QED) is 0.272. The Balaban J connectivity index is 1.68. The fourth-order valence-corrected chi connectivity index (χ4v) is 5.14. The Bertz CT molecular complexity index is 1430. The minimum absolute atomic E-state index is 0.377. The highest BCUT2D eigenvalue weighted by molar-refractivity contribution is 6.01. The largest absolute Gasteiger partial charge is 0.480 e. The Morgan fingerprint density at radius 1 is 0.952 bits per heavy atom. The Labute approximate surface area is 240 Å². The van der Waals surface area contributed by atoms with E-state index in [2.05, 4.69) is 0 Å². The number of aryl methyl sites for hydroxylation is 1. The summed E-state index contributed by atoms with van der Waals surface area (Å²) in [6.07, 6.45) is -0.766. The predicted octanol–water partition coefficient (Wildman–Crippen LogP) is 3.79. The van der Waals surface area contributed by atoms with Crippen LogP contribution in [0, 0.1) is 5.82 Å². The van der Waals surface area contributed by atoms with Crippen molar-refractivity contribution < 1.29 is 48.4 Å². The van der Waals surface area contributed by atoms with Crippen molar-refractivity contribution in [3.05, 3.63) is 95.8 Å². The fraction of sp³-hybridized carbons (Fsp3) is 0.290. The molecule has 4 rings (SSSR count). The van der Waals surface area contributed by atoms with Gasteiger partial charge >= 0.3 is 23.7 Å². The molecular formula is C31H30FNO9. The summed E-state index contributed by atoms with van der Waals surface area (Å²) >= 11 is 0. The molecule has 11 heteroatoms. The number of aliphatic carboxylic acids is 3. The second-order valence-corrected chi connectivity index (χ2v) is 9.98. The molecule has 3 aromatic rings. The highest BCUT2D eigenvalue weighted by Gasteiger charge is 2.58. The predicted molar refractivity (Wildman–Crippen MR) is 147 cm³/mol. The molecule has 1 fully saturated rings. The van der Waals surface area contributed by atoms with E-state index >= 15 is 4.39 Å². The van der Waals surface area contributed by atoms with E-state index in [1.807, 2.05) is 36.4 Å². The smallest absolute Gasteiger partial charge is 0.377 e. The van der Waals surface area contributed by atoms with Crippen LogP contribution in [0.5, 0.6) is 0 Å². The number of carboxylic acid groups (broad SMARTS) is 3. The molecule has 0 bridgehead atoms. The van der Waals surface area contributed by atoms with E-state index in [1.165, 1.54) is 6.07 Å². The lowest BCUT2D eigenvalue weighted by Gasteiger charge is -2.35. The third-order valence-corrected chi connectivity index (χ3v) is 7.34. The van der Waals surface area contributed by atoms with Gasteiger partial charge < -0.3 is 29.7 Å². The van der Waals surface area contributed by atoms with Crippen LogP contribution in [0.25, 0.3) is 11.1 Å². The standard InChI is InChI=1S/C31H30FNO9/c1-19(33(17-27(34)35)28(36)26-18-41-31(42-26,29(37)38)30(39)40)23(14-12-20-8-4-2-5-9-20)22-13-15-24(25(32)16-22)21-10-6-3-7-11-21/h2-11,13,15-16,19,23,26H,12,14,17-18H2,1H3,(H,34,35)(H,37,38)(H,39,40). The van der Waals surface area contributed by atoms with Crippen LogP contribution in [0.4, 0.5) is 4.39 Å². The molecule has 10 nitrogen and oxygen atoms in total. The van der Waals surface area contributed by atoms with Crippen molar-refractivity contribution in [1.29, 1.82) is 0 Å². The first-order valence-electron chi connectivity index (χ1n) is 13.2. The molecule has 220 valence electrons. The van der Waals surface area contributed by atoms with E-state index in [9.17, 15) is 34.5 Å². The average Bonchev–Trinajstić information content (AvgIpc) is 3.44. The van der Waals surface area contributed by atoms with Gasteiger partial charge in [-0.1, -0.05) is 72.8 Å². The van der Waals surface area contributed by atoms with Gasteiger partial charge in [0.15, 0.2) is 6.10 Å². The normalized spacial score (nSPS) is 17.2. The first-order chi connectivity index (χ1) is 20.0. The number of halogens is 1. The molecule has 1 amide bonds. The summed E-state index contributed by atoms with van der Waals surface area (Å²) in [5, 5.41) is 28.4. The fourth-order valence-electron chi connectivity index (χ4n) is 5.14. The summed E-state index contributed by atoms with van der Waals surface area (Å²) in [4.78, 5) is 49.6. The number of ether oxygens (including phenoxy) is 2. The number of rotatable bonds is 12. The topological polar surface area (TPSA) is 151 Å². The number of nitrogens with zero attached hydrogens (tertiary/aromatic N) is 1. The first-order valence-corrected chi connectivity index (χ1v) is 13.2. The van der Waals surface area contributed by atoms with E-state index in [0.717, 1.165) is 10.5 Å². The number of amides is 1. The van der Waals surface area contributed by atoms with Gasteiger partial charge in [-0.3, -0.25) is 9.59 Å². The maximum atomic E-state index is 15.5. The van der Waals surface area contributed by atoms with Crippen LogP contribution in [0.2, 0.25) is 0 Å². The monoisotopic (exact) mass is 579 g/mol. The molecule has 3 aromatic carbocycles. The number of hydrogen-bond acceptors (Lipinski definition) is 6. The lowest BCUT2D eigenvalue weighted by molar-refractivity contribution is -0.218. The summed E-state index contributed by atoms with van der Waals surface area (Å²) in [6.45, 7) is 0.103. The van der Waals surface area contributed by atoms with E-state index in [4.69, 9.17) is 9.47 Å². The summed E-state index contributed by atoms with van der Waals surface area (Å²) in [5.41, 5.74) is 2.56. The number of hydrogen-bond donors (Lipinski definition) is 3. The SMILES string of the molecule is CC(C(CCc1ccccc1)c1ccc(-c2ccccc2)c(F)c1)N(CC(=O)O)C(=O)C1COC(C(=O)O)(C(=O)O)O1. The van der Waals surface area contributed by atoms with Crippen molar-refractivity contribution in [3.63, 3.8) is 0 Å². The Morgan fingerprint density at radius 2 is 1.57 bits per heavy atom. The van der Waals surface area contributed by atoms with E-state index in [1.54, 1.807) is 43.3 Å². The van der Waals surface area contributed by atoms with Gasteiger partial charge in [-0.2, -0.15) is 0 Å². The van der Waals surface area contributed by atoms with Crippen molar-refractivity contribution in [3.8, 4) is 11.1 Å².